The molecule has 1 aliphatic rings. The van der Waals surface area contributed by atoms with Gasteiger partial charge in [0.05, 0.1) is 0 Å². The van der Waals surface area contributed by atoms with E-state index in [0.29, 0.717) is 5.69 Å². The van der Waals surface area contributed by atoms with E-state index in [1.54, 1.807) is 12.3 Å². The Kier molecular flexibility index (Phi) is 3.02. The molecule has 0 saturated carbocycles. The topological polar surface area (TPSA) is 85.2 Å². The number of pyridine rings is 1. The molecule has 1 aromatic heterocycles. The average Bonchev–Trinajstić information content (AvgIpc) is 2.46. The molecule has 2 aromatic rings. The molecule has 102 valence electrons. The third-order valence-electron chi connectivity index (χ3n) is 3.60. The van der Waals surface area contributed by atoms with Crippen molar-refractivity contribution < 1.29 is 4.79 Å². The lowest BCUT2D eigenvalue weighted by Crippen LogP contribution is -2.30. The number of hydrogen-bond acceptors (Lipinski definition) is 4. The van der Waals surface area contributed by atoms with Gasteiger partial charge in [-0.15, -0.1) is 0 Å². The van der Waals surface area contributed by atoms with Gasteiger partial charge in [-0.1, -0.05) is 6.07 Å². The molecule has 1 aromatic carbocycles. The van der Waals surface area contributed by atoms with E-state index in [9.17, 15) is 4.79 Å². The highest BCUT2D eigenvalue weighted by Gasteiger charge is 2.17. The highest BCUT2D eigenvalue weighted by atomic mass is 16.1. The first-order valence-electron chi connectivity index (χ1n) is 6.51. The zero-order chi connectivity index (χ0) is 14.1. The Hall–Kier alpha value is -2.56. The van der Waals surface area contributed by atoms with Gasteiger partial charge in [0.1, 0.15) is 5.69 Å². The lowest BCUT2D eigenvalue weighted by molar-refractivity contribution is 0.0995. The van der Waals surface area contributed by atoms with Crippen molar-refractivity contribution in [3.63, 3.8) is 0 Å². The van der Waals surface area contributed by atoms with Gasteiger partial charge in [0, 0.05) is 30.7 Å². The molecule has 2 heterocycles. The van der Waals surface area contributed by atoms with E-state index >= 15 is 0 Å². The summed E-state index contributed by atoms with van der Waals surface area (Å²) in [6.07, 6.45) is 2.58. The molecular weight excluding hydrogens is 252 g/mol. The van der Waals surface area contributed by atoms with Crippen molar-refractivity contribution in [3.05, 3.63) is 53.3 Å². The van der Waals surface area contributed by atoms with Crippen molar-refractivity contribution in [2.24, 2.45) is 5.73 Å². The molecule has 3 rings (SSSR count). The maximum Gasteiger partial charge on any atom is 0.267 e. The van der Waals surface area contributed by atoms with Crippen LogP contribution in [0.1, 0.15) is 21.6 Å². The van der Waals surface area contributed by atoms with Crippen LogP contribution in [-0.2, 0) is 13.0 Å². The second-order valence-electron chi connectivity index (χ2n) is 4.96. The zero-order valence-electron chi connectivity index (χ0n) is 11.0. The first kappa shape index (κ1) is 12.5. The van der Waals surface area contributed by atoms with Crippen LogP contribution in [0.15, 0.2) is 36.5 Å². The van der Waals surface area contributed by atoms with Gasteiger partial charge >= 0.3 is 0 Å². The van der Waals surface area contributed by atoms with Gasteiger partial charge in [-0.2, -0.15) is 0 Å². The van der Waals surface area contributed by atoms with E-state index in [-0.39, 0.29) is 0 Å². The number of carbonyl (C=O) groups is 1. The summed E-state index contributed by atoms with van der Waals surface area (Å²) in [5.74, 6) is -0.506. The van der Waals surface area contributed by atoms with Crippen LogP contribution in [-0.4, -0.2) is 17.4 Å². The van der Waals surface area contributed by atoms with E-state index in [0.717, 1.165) is 30.9 Å². The van der Waals surface area contributed by atoms with Crippen LogP contribution in [0, 0.1) is 0 Å². The molecule has 0 saturated heterocycles. The standard InChI is InChI=1S/C15H16N4O/c16-12-2-1-10-4-6-19(9-11(10)7-12)13-3-5-18-14(8-13)15(17)20/h1-3,5,7-8H,4,6,9,16H2,(H2,17,20). The molecule has 20 heavy (non-hydrogen) atoms. The number of aromatic nitrogens is 1. The number of benzene rings is 1. The summed E-state index contributed by atoms with van der Waals surface area (Å²) in [7, 11) is 0. The minimum atomic E-state index is -0.506. The van der Waals surface area contributed by atoms with Crippen molar-refractivity contribution in [2.75, 3.05) is 17.2 Å². The number of rotatable bonds is 2. The summed E-state index contributed by atoms with van der Waals surface area (Å²) in [5.41, 5.74) is 15.7. The van der Waals surface area contributed by atoms with Crippen molar-refractivity contribution >= 4 is 17.3 Å². The lowest BCUT2D eigenvalue weighted by atomic mass is 9.98. The normalized spacial score (nSPS) is 13.9. The molecule has 4 N–H and O–H groups in total. The Morgan fingerprint density at radius 3 is 2.85 bits per heavy atom. The van der Waals surface area contributed by atoms with Gasteiger partial charge in [0.15, 0.2) is 0 Å². The van der Waals surface area contributed by atoms with Crippen LogP contribution in [0.25, 0.3) is 0 Å². The lowest BCUT2D eigenvalue weighted by Gasteiger charge is -2.31. The second-order valence-corrected chi connectivity index (χ2v) is 4.96. The Bertz CT molecular complexity index is 669. The van der Waals surface area contributed by atoms with Crippen molar-refractivity contribution in [2.45, 2.75) is 13.0 Å². The summed E-state index contributed by atoms with van der Waals surface area (Å²) in [6.45, 7) is 1.68. The van der Waals surface area contributed by atoms with Crippen molar-refractivity contribution in [1.82, 2.24) is 4.98 Å². The van der Waals surface area contributed by atoms with Crippen molar-refractivity contribution in [1.29, 1.82) is 0 Å². The summed E-state index contributed by atoms with van der Waals surface area (Å²) in [6, 6.07) is 9.66. The van der Waals surface area contributed by atoms with Gasteiger partial charge in [-0.25, -0.2) is 0 Å². The average molecular weight is 268 g/mol. The number of anilines is 2. The number of nitrogen functional groups attached to an aromatic ring is 1. The predicted molar refractivity (Wildman–Crippen MR) is 78.4 cm³/mol. The highest BCUT2D eigenvalue weighted by molar-refractivity contribution is 5.91. The molecule has 0 fully saturated rings. The molecule has 0 bridgehead atoms. The van der Waals surface area contributed by atoms with Crippen LogP contribution in [0.4, 0.5) is 11.4 Å². The fourth-order valence-electron chi connectivity index (χ4n) is 2.55. The Morgan fingerprint density at radius 2 is 2.05 bits per heavy atom. The Balaban J connectivity index is 1.90. The molecule has 5 nitrogen and oxygen atoms in total. The predicted octanol–water partition coefficient (Wildman–Crippen LogP) is 1.33. The zero-order valence-corrected chi connectivity index (χ0v) is 11.0. The number of hydrogen-bond donors (Lipinski definition) is 2. The quantitative estimate of drug-likeness (QED) is 0.804. The van der Waals surface area contributed by atoms with Crippen LogP contribution >= 0.6 is 0 Å². The van der Waals surface area contributed by atoms with E-state index in [1.807, 2.05) is 18.2 Å². The van der Waals surface area contributed by atoms with Crippen molar-refractivity contribution in [3.8, 4) is 0 Å². The summed E-state index contributed by atoms with van der Waals surface area (Å²) >= 11 is 0. The van der Waals surface area contributed by atoms with Crippen LogP contribution < -0.4 is 16.4 Å². The van der Waals surface area contributed by atoms with E-state index in [2.05, 4.69) is 16.0 Å². The Labute approximate surface area is 117 Å². The minimum absolute atomic E-state index is 0.292. The molecule has 5 heteroatoms. The minimum Gasteiger partial charge on any atom is -0.399 e. The largest absolute Gasteiger partial charge is 0.399 e. The maximum atomic E-state index is 11.2. The molecule has 0 atom stereocenters. The number of carbonyl (C=O) groups excluding carboxylic acids is 1. The number of fused-ring (bicyclic) bond motifs is 1. The number of primary amides is 1. The second kappa shape index (κ2) is 4.85. The first-order valence-corrected chi connectivity index (χ1v) is 6.51. The summed E-state index contributed by atoms with van der Waals surface area (Å²) in [4.78, 5) is 17.4. The van der Waals surface area contributed by atoms with Gasteiger partial charge in [0.25, 0.3) is 5.91 Å². The fraction of sp³-hybridized carbons (Fsp3) is 0.200. The molecule has 0 spiro atoms. The monoisotopic (exact) mass is 268 g/mol. The molecule has 0 radical (unpaired) electrons. The van der Waals surface area contributed by atoms with Gasteiger partial charge in [0.2, 0.25) is 0 Å². The first-order chi connectivity index (χ1) is 9.63. The molecular formula is C15H16N4O. The third kappa shape index (κ3) is 2.30. The van der Waals surface area contributed by atoms with Gasteiger partial charge < -0.3 is 16.4 Å². The Morgan fingerprint density at radius 1 is 1.20 bits per heavy atom. The van der Waals surface area contributed by atoms with Crippen LogP contribution in [0.3, 0.4) is 0 Å². The molecule has 0 unspecified atom stereocenters. The van der Waals surface area contributed by atoms with E-state index in [4.69, 9.17) is 11.5 Å². The summed E-state index contributed by atoms with van der Waals surface area (Å²) < 4.78 is 0. The van der Waals surface area contributed by atoms with Gasteiger partial charge in [-0.05, 0) is 41.8 Å². The highest BCUT2D eigenvalue weighted by Crippen LogP contribution is 2.25. The number of amides is 1. The maximum absolute atomic E-state index is 11.2. The summed E-state index contributed by atoms with van der Waals surface area (Å²) in [5, 5.41) is 0. The molecule has 1 amide bonds. The molecule has 1 aliphatic heterocycles. The number of nitrogens with zero attached hydrogens (tertiary/aromatic N) is 2. The van der Waals surface area contributed by atoms with Crippen LogP contribution in [0.2, 0.25) is 0 Å². The smallest absolute Gasteiger partial charge is 0.267 e. The number of nitrogens with two attached hydrogens (primary N) is 2. The van der Waals surface area contributed by atoms with Crippen LogP contribution in [0.5, 0.6) is 0 Å². The van der Waals surface area contributed by atoms with E-state index < -0.39 is 5.91 Å². The van der Waals surface area contributed by atoms with E-state index in [1.165, 1.54) is 11.1 Å². The fourth-order valence-corrected chi connectivity index (χ4v) is 2.55. The SMILES string of the molecule is NC(=O)c1cc(N2CCc3ccc(N)cc3C2)ccn1. The third-order valence-corrected chi connectivity index (χ3v) is 3.60. The molecule has 0 aliphatic carbocycles. The van der Waals surface area contributed by atoms with Gasteiger partial charge in [-0.3, -0.25) is 9.78 Å².